The Labute approximate surface area is 132 Å². The van der Waals surface area contributed by atoms with Crippen molar-refractivity contribution in [3.05, 3.63) is 51.8 Å². The zero-order chi connectivity index (χ0) is 16.1. The standard InChI is InChI=1S/C15H11BrF3N3/c1-8-7-12(15(17,18)19)13-9(2)21-22(14(13)20-8)11-5-3-10(16)4-6-11/h3-7H,1-2H3. The second-order valence-corrected chi connectivity index (χ2v) is 5.90. The number of rotatable bonds is 1. The van der Waals surface area contributed by atoms with E-state index in [4.69, 9.17) is 0 Å². The van der Waals surface area contributed by atoms with Crippen LogP contribution in [0.5, 0.6) is 0 Å². The van der Waals surface area contributed by atoms with Crippen molar-refractivity contribution in [3.8, 4) is 5.69 Å². The van der Waals surface area contributed by atoms with Crippen molar-refractivity contribution in [2.45, 2.75) is 20.0 Å². The molecule has 0 fully saturated rings. The van der Waals surface area contributed by atoms with Gasteiger partial charge in [0.05, 0.1) is 22.3 Å². The van der Waals surface area contributed by atoms with Crippen molar-refractivity contribution in [1.82, 2.24) is 14.8 Å². The van der Waals surface area contributed by atoms with Gasteiger partial charge < -0.3 is 0 Å². The van der Waals surface area contributed by atoms with Crippen LogP contribution in [0.25, 0.3) is 16.7 Å². The average Bonchev–Trinajstić information content (AvgIpc) is 2.75. The second kappa shape index (κ2) is 5.08. The summed E-state index contributed by atoms with van der Waals surface area (Å²) in [5.74, 6) is 0. The van der Waals surface area contributed by atoms with E-state index in [2.05, 4.69) is 26.0 Å². The van der Waals surface area contributed by atoms with Gasteiger partial charge in [0.15, 0.2) is 5.65 Å². The van der Waals surface area contributed by atoms with Crippen LogP contribution in [0, 0.1) is 13.8 Å². The molecule has 3 nitrogen and oxygen atoms in total. The highest BCUT2D eigenvalue weighted by molar-refractivity contribution is 9.10. The lowest BCUT2D eigenvalue weighted by Crippen LogP contribution is -2.08. The number of pyridine rings is 1. The van der Waals surface area contributed by atoms with Gasteiger partial charge in [-0.05, 0) is 44.2 Å². The van der Waals surface area contributed by atoms with Crippen LogP contribution >= 0.6 is 15.9 Å². The quantitative estimate of drug-likeness (QED) is 0.615. The van der Waals surface area contributed by atoms with Crippen LogP contribution in [0.3, 0.4) is 0 Å². The Hall–Kier alpha value is -1.89. The zero-order valence-corrected chi connectivity index (χ0v) is 13.3. The number of fused-ring (bicyclic) bond motifs is 1. The number of benzene rings is 1. The predicted molar refractivity (Wildman–Crippen MR) is 81.0 cm³/mol. The Bertz CT molecular complexity index is 851. The molecular weight excluding hydrogens is 359 g/mol. The van der Waals surface area contributed by atoms with Crippen LogP contribution in [-0.2, 0) is 6.18 Å². The van der Waals surface area contributed by atoms with E-state index in [-0.39, 0.29) is 11.0 Å². The molecule has 114 valence electrons. The molecule has 0 saturated heterocycles. The molecule has 0 N–H and O–H groups in total. The van der Waals surface area contributed by atoms with E-state index in [1.165, 1.54) is 4.68 Å². The Kier molecular flexibility index (Phi) is 3.47. The van der Waals surface area contributed by atoms with E-state index < -0.39 is 11.7 Å². The molecule has 0 spiro atoms. The van der Waals surface area contributed by atoms with Gasteiger partial charge in [0, 0.05) is 10.2 Å². The first-order chi connectivity index (χ1) is 10.3. The summed E-state index contributed by atoms with van der Waals surface area (Å²) in [5.41, 5.74) is 0.784. The number of alkyl halides is 3. The first kappa shape index (κ1) is 15.0. The molecule has 0 aliphatic rings. The first-order valence-electron chi connectivity index (χ1n) is 6.47. The third kappa shape index (κ3) is 2.49. The summed E-state index contributed by atoms with van der Waals surface area (Å²) in [5, 5.41) is 4.29. The van der Waals surface area contributed by atoms with Crippen molar-refractivity contribution in [1.29, 1.82) is 0 Å². The van der Waals surface area contributed by atoms with Crippen molar-refractivity contribution < 1.29 is 13.2 Å². The maximum Gasteiger partial charge on any atom is 0.417 e. The molecule has 2 heterocycles. The highest BCUT2D eigenvalue weighted by Gasteiger charge is 2.35. The van der Waals surface area contributed by atoms with Crippen LogP contribution < -0.4 is 0 Å². The average molecular weight is 370 g/mol. The van der Waals surface area contributed by atoms with Gasteiger partial charge in [-0.15, -0.1) is 0 Å². The van der Waals surface area contributed by atoms with Crippen molar-refractivity contribution >= 4 is 27.0 Å². The van der Waals surface area contributed by atoms with Crippen molar-refractivity contribution in [2.24, 2.45) is 0 Å². The first-order valence-corrected chi connectivity index (χ1v) is 7.27. The number of aromatic nitrogens is 3. The highest BCUT2D eigenvalue weighted by Crippen LogP contribution is 2.36. The zero-order valence-electron chi connectivity index (χ0n) is 11.7. The van der Waals surface area contributed by atoms with Crippen LogP contribution in [0.2, 0.25) is 0 Å². The molecule has 0 saturated carbocycles. The Balaban J connectivity index is 2.35. The van der Waals surface area contributed by atoms with E-state index >= 15 is 0 Å². The SMILES string of the molecule is Cc1cc(C(F)(F)F)c2c(C)nn(-c3ccc(Br)cc3)c2n1. The van der Waals surface area contributed by atoms with Gasteiger partial charge in [-0.2, -0.15) is 18.3 Å². The molecule has 0 atom stereocenters. The number of nitrogens with zero attached hydrogens (tertiary/aromatic N) is 3. The smallest absolute Gasteiger partial charge is 0.233 e. The summed E-state index contributed by atoms with van der Waals surface area (Å²) >= 11 is 3.33. The highest BCUT2D eigenvalue weighted by atomic mass is 79.9. The number of aryl methyl sites for hydroxylation is 2. The third-order valence-corrected chi connectivity index (χ3v) is 3.85. The molecule has 0 radical (unpaired) electrons. The molecule has 0 unspecified atom stereocenters. The van der Waals surface area contributed by atoms with E-state index in [0.29, 0.717) is 17.1 Å². The van der Waals surface area contributed by atoms with Crippen LogP contribution in [0.1, 0.15) is 17.0 Å². The molecule has 3 aromatic rings. The molecule has 22 heavy (non-hydrogen) atoms. The summed E-state index contributed by atoms with van der Waals surface area (Å²) < 4.78 is 42.1. The predicted octanol–water partition coefficient (Wildman–Crippen LogP) is 4.82. The van der Waals surface area contributed by atoms with E-state index in [1.807, 2.05) is 0 Å². The molecule has 2 aromatic heterocycles. The topological polar surface area (TPSA) is 30.7 Å². The molecule has 0 aliphatic carbocycles. The summed E-state index contributed by atoms with van der Waals surface area (Å²) in [6.07, 6.45) is -4.44. The normalized spacial score (nSPS) is 12.1. The lowest BCUT2D eigenvalue weighted by molar-refractivity contribution is -0.136. The minimum atomic E-state index is -4.44. The minimum Gasteiger partial charge on any atom is -0.233 e. The van der Waals surface area contributed by atoms with Crippen LogP contribution in [0.15, 0.2) is 34.8 Å². The molecule has 0 bridgehead atoms. The van der Waals surface area contributed by atoms with Gasteiger partial charge in [0.1, 0.15) is 0 Å². The van der Waals surface area contributed by atoms with Gasteiger partial charge in [0.2, 0.25) is 0 Å². The lowest BCUT2D eigenvalue weighted by atomic mass is 10.1. The van der Waals surface area contributed by atoms with E-state index in [0.717, 1.165) is 10.5 Å². The van der Waals surface area contributed by atoms with Crippen molar-refractivity contribution in [2.75, 3.05) is 0 Å². The van der Waals surface area contributed by atoms with Crippen LogP contribution in [-0.4, -0.2) is 14.8 Å². The summed E-state index contributed by atoms with van der Waals surface area (Å²) in [7, 11) is 0. The Morgan fingerprint density at radius 3 is 2.32 bits per heavy atom. The molecule has 7 heteroatoms. The molecule has 0 aliphatic heterocycles. The van der Waals surface area contributed by atoms with Crippen molar-refractivity contribution in [3.63, 3.8) is 0 Å². The maximum absolute atomic E-state index is 13.3. The van der Waals surface area contributed by atoms with Gasteiger partial charge in [-0.3, -0.25) is 0 Å². The fourth-order valence-electron chi connectivity index (χ4n) is 2.40. The lowest BCUT2D eigenvalue weighted by Gasteiger charge is -2.10. The second-order valence-electron chi connectivity index (χ2n) is 4.98. The number of halogens is 4. The number of hydrogen-bond acceptors (Lipinski definition) is 2. The summed E-state index contributed by atoms with van der Waals surface area (Å²) in [6.45, 7) is 3.10. The van der Waals surface area contributed by atoms with E-state index in [9.17, 15) is 13.2 Å². The maximum atomic E-state index is 13.3. The van der Waals surface area contributed by atoms with Gasteiger partial charge >= 0.3 is 6.18 Å². The fourth-order valence-corrected chi connectivity index (χ4v) is 2.66. The minimum absolute atomic E-state index is 0.0426. The van der Waals surface area contributed by atoms with Gasteiger partial charge in [-0.1, -0.05) is 15.9 Å². The molecule has 0 amide bonds. The largest absolute Gasteiger partial charge is 0.417 e. The Morgan fingerprint density at radius 1 is 1.09 bits per heavy atom. The van der Waals surface area contributed by atoms with E-state index in [1.54, 1.807) is 38.1 Å². The monoisotopic (exact) mass is 369 g/mol. The fraction of sp³-hybridized carbons (Fsp3) is 0.200. The molecular formula is C15H11BrF3N3. The van der Waals surface area contributed by atoms with Crippen LogP contribution in [0.4, 0.5) is 13.2 Å². The van der Waals surface area contributed by atoms with Gasteiger partial charge in [-0.25, -0.2) is 9.67 Å². The summed E-state index contributed by atoms with van der Waals surface area (Å²) in [4.78, 5) is 4.26. The number of hydrogen-bond donors (Lipinski definition) is 0. The van der Waals surface area contributed by atoms with Gasteiger partial charge in [0.25, 0.3) is 0 Å². The Morgan fingerprint density at radius 2 is 1.73 bits per heavy atom. The molecule has 1 aromatic carbocycles. The summed E-state index contributed by atoms with van der Waals surface area (Å²) in [6, 6.07) is 8.21. The third-order valence-electron chi connectivity index (χ3n) is 3.32. The molecule has 3 rings (SSSR count).